The van der Waals surface area contributed by atoms with Gasteiger partial charge in [0.1, 0.15) is 11.5 Å². The molecule has 0 aliphatic carbocycles. The first-order valence-electron chi connectivity index (χ1n) is 6.41. The van der Waals surface area contributed by atoms with Gasteiger partial charge in [0.05, 0.1) is 13.7 Å². The van der Waals surface area contributed by atoms with Gasteiger partial charge in [-0.15, -0.1) is 0 Å². The number of hydrogen-bond donors (Lipinski definition) is 1. The standard InChI is InChI=1S/C16H19NO2/c1-18-15-7-2-5-13(11-15)14-6-3-8-16(12-14)19-10-4-9-17/h2-3,5-8,11-12H,4,9-10,17H2,1H3. The van der Waals surface area contributed by atoms with E-state index in [9.17, 15) is 0 Å². The summed E-state index contributed by atoms with van der Waals surface area (Å²) in [7, 11) is 1.67. The number of ether oxygens (including phenoxy) is 2. The molecule has 0 spiro atoms. The van der Waals surface area contributed by atoms with Gasteiger partial charge in [-0.1, -0.05) is 24.3 Å². The van der Waals surface area contributed by atoms with Gasteiger partial charge in [0.2, 0.25) is 0 Å². The van der Waals surface area contributed by atoms with Crippen molar-refractivity contribution in [3.8, 4) is 22.6 Å². The zero-order chi connectivity index (χ0) is 13.5. The minimum absolute atomic E-state index is 0.648. The van der Waals surface area contributed by atoms with Gasteiger partial charge >= 0.3 is 0 Å². The van der Waals surface area contributed by atoms with Gasteiger partial charge in [-0.2, -0.15) is 0 Å². The maximum Gasteiger partial charge on any atom is 0.119 e. The van der Waals surface area contributed by atoms with Crippen molar-refractivity contribution in [2.75, 3.05) is 20.3 Å². The summed E-state index contributed by atoms with van der Waals surface area (Å²) in [6.07, 6.45) is 0.864. The molecule has 0 atom stereocenters. The molecule has 0 saturated heterocycles. The molecule has 0 amide bonds. The molecule has 0 fully saturated rings. The second-order valence-electron chi connectivity index (χ2n) is 4.25. The van der Waals surface area contributed by atoms with Crippen molar-refractivity contribution in [3.63, 3.8) is 0 Å². The molecule has 19 heavy (non-hydrogen) atoms. The molecule has 0 saturated carbocycles. The average molecular weight is 257 g/mol. The smallest absolute Gasteiger partial charge is 0.119 e. The molecule has 2 rings (SSSR count). The quantitative estimate of drug-likeness (QED) is 0.809. The van der Waals surface area contributed by atoms with E-state index in [0.29, 0.717) is 13.2 Å². The molecule has 0 heterocycles. The third-order valence-corrected chi connectivity index (χ3v) is 2.85. The van der Waals surface area contributed by atoms with Gasteiger partial charge in [0.25, 0.3) is 0 Å². The molecule has 2 aromatic rings. The number of rotatable bonds is 6. The lowest BCUT2D eigenvalue weighted by Gasteiger charge is -2.08. The van der Waals surface area contributed by atoms with Crippen LogP contribution in [0.3, 0.4) is 0 Å². The first-order valence-corrected chi connectivity index (χ1v) is 6.41. The molecule has 0 aliphatic heterocycles. The van der Waals surface area contributed by atoms with Gasteiger partial charge in [0, 0.05) is 0 Å². The number of hydrogen-bond acceptors (Lipinski definition) is 3. The van der Waals surface area contributed by atoms with Crippen molar-refractivity contribution in [1.29, 1.82) is 0 Å². The Balaban J connectivity index is 2.17. The second kappa shape index (κ2) is 6.81. The Bertz CT molecular complexity index is 526. The Labute approximate surface area is 114 Å². The number of methoxy groups -OCH3 is 1. The Morgan fingerprint density at radius 3 is 2.21 bits per heavy atom. The molecular weight excluding hydrogens is 238 g/mol. The van der Waals surface area contributed by atoms with Crippen LogP contribution < -0.4 is 15.2 Å². The van der Waals surface area contributed by atoms with E-state index in [0.717, 1.165) is 29.0 Å². The molecular formula is C16H19NO2. The van der Waals surface area contributed by atoms with E-state index in [-0.39, 0.29) is 0 Å². The summed E-state index contributed by atoms with van der Waals surface area (Å²) in [6, 6.07) is 16.0. The predicted octanol–water partition coefficient (Wildman–Crippen LogP) is 3.09. The third kappa shape index (κ3) is 3.73. The molecule has 3 heteroatoms. The maximum atomic E-state index is 5.65. The van der Waals surface area contributed by atoms with Crippen LogP contribution in [0.4, 0.5) is 0 Å². The summed E-state index contributed by atoms with van der Waals surface area (Å²) in [4.78, 5) is 0. The van der Waals surface area contributed by atoms with E-state index in [1.165, 1.54) is 0 Å². The van der Waals surface area contributed by atoms with E-state index >= 15 is 0 Å². The molecule has 100 valence electrons. The average Bonchev–Trinajstić information content (AvgIpc) is 2.48. The van der Waals surface area contributed by atoms with E-state index in [2.05, 4.69) is 12.1 Å². The molecule has 0 aliphatic rings. The lowest BCUT2D eigenvalue weighted by molar-refractivity contribution is 0.313. The zero-order valence-electron chi connectivity index (χ0n) is 11.1. The Morgan fingerprint density at radius 1 is 0.947 bits per heavy atom. The molecule has 2 N–H and O–H groups in total. The van der Waals surface area contributed by atoms with Crippen molar-refractivity contribution in [2.45, 2.75) is 6.42 Å². The van der Waals surface area contributed by atoms with Gasteiger partial charge in [-0.25, -0.2) is 0 Å². The van der Waals surface area contributed by atoms with Crippen LogP contribution in [0.2, 0.25) is 0 Å². The summed E-state index contributed by atoms with van der Waals surface area (Å²) in [6.45, 7) is 1.30. The van der Waals surface area contributed by atoms with E-state index in [1.807, 2.05) is 36.4 Å². The van der Waals surface area contributed by atoms with Crippen LogP contribution in [0, 0.1) is 0 Å². The first-order chi connectivity index (χ1) is 9.33. The first kappa shape index (κ1) is 13.4. The predicted molar refractivity (Wildman–Crippen MR) is 77.6 cm³/mol. The molecule has 0 aromatic heterocycles. The highest BCUT2D eigenvalue weighted by atomic mass is 16.5. The fourth-order valence-corrected chi connectivity index (χ4v) is 1.84. The molecule has 2 aromatic carbocycles. The lowest BCUT2D eigenvalue weighted by atomic mass is 10.1. The fourth-order valence-electron chi connectivity index (χ4n) is 1.84. The summed E-state index contributed by atoms with van der Waals surface area (Å²) < 4.78 is 10.9. The minimum Gasteiger partial charge on any atom is -0.497 e. The van der Waals surface area contributed by atoms with Crippen LogP contribution >= 0.6 is 0 Å². The Morgan fingerprint density at radius 2 is 1.58 bits per heavy atom. The number of benzene rings is 2. The highest BCUT2D eigenvalue weighted by Crippen LogP contribution is 2.26. The van der Waals surface area contributed by atoms with E-state index in [1.54, 1.807) is 7.11 Å². The highest BCUT2D eigenvalue weighted by Gasteiger charge is 2.01. The van der Waals surface area contributed by atoms with Crippen molar-refractivity contribution in [3.05, 3.63) is 48.5 Å². The monoisotopic (exact) mass is 257 g/mol. The Kier molecular flexibility index (Phi) is 4.81. The Hall–Kier alpha value is -2.00. The third-order valence-electron chi connectivity index (χ3n) is 2.85. The highest BCUT2D eigenvalue weighted by molar-refractivity contribution is 5.66. The summed E-state index contributed by atoms with van der Waals surface area (Å²) >= 11 is 0. The van der Waals surface area contributed by atoms with Gasteiger partial charge in [0.15, 0.2) is 0 Å². The SMILES string of the molecule is COc1cccc(-c2cccc(OCCCN)c2)c1. The van der Waals surface area contributed by atoms with Crippen LogP contribution in [0.15, 0.2) is 48.5 Å². The van der Waals surface area contributed by atoms with Crippen LogP contribution in [0.5, 0.6) is 11.5 Å². The molecule has 0 bridgehead atoms. The van der Waals surface area contributed by atoms with Crippen LogP contribution in [-0.4, -0.2) is 20.3 Å². The van der Waals surface area contributed by atoms with Crippen LogP contribution in [0.1, 0.15) is 6.42 Å². The lowest BCUT2D eigenvalue weighted by Crippen LogP contribution is -2.05. The van der Waals surface area contributed by atoms with E-state index < -0.39 is 0 Å². The second-order valence-corrected chi connectivity index (χ2v) is 4.25. The molecule has 0 radical (unpaired) electrons. The maximum absolute atomic E-state index is 5.65. The number of nitrogens with two attached hydrogens (primary N) is 1. The van der Waals surface area contributed by atoms with Crippen LogP contribution in [-0.2, 0) is 0 Å². The van der Waals surface area contributed by atoms with Crippen molar-refractivity contribution in [2.24, 2.45) is 5.73 Å². The summed E-state index contributed by atoms with van der Waals surface area (Å²) in [5.41, 5.74) is 7.68. The van der Waals surface area contributed by atoms with Crippen molar-refractivity contribution in [1.82, 2.24) is 0 Å². The summed E-state index contributed by atoms with van der Waals surface area (Å²) in [5.74, 6) is 1.72. The normalized spacial score (nSPS) is 10.2. The van der Waals surface area contributed by atoms with Crippen molar-refractivity contribution >= 4 is 0 Å². The van der Waals surface area contributed by atoms with E-state index in [4.69, 9.17) is 15.2 Å². The molecule has 0 unspecified atom stereocenters. The largest absolute Gasteiger partial charge is 0.497 e. The minimum atomic E-state index is 0.648. The van der Waals surface area contributed by atoms with Gasteiger partial charge < -0.3 is 15.2 Å². The fraction of sp³-hybridized carbons (Fsp3) is 0.250. The van der Waals surface area contributed by atoms with Crippen LogP contribution in [0.25, 0.3) is 11.1 Å². The summed E-state index contributed by atoms with van der Waals surface area (Å²) in [5, 5.41) is 0. The zero-order valence-corrected chi connectivity index (χ0v) is 11.1. The van der Waals surface area contributed by atoms with Gasteiger partial charge in [-0.3, -0.25) is 0 Å². The molecule has 3 nitrogen and oxygen atoms in total. The van der Waals surface area contributed by atoms with Gasteiger partial charge in [-0.05, 0) is 48.4 Å². The topological polar surface area (TPSA) is 44.5 Å². The van der Waals surface area contributed by atoms with Crippen molar-refractivity contribution < 1.29 is 9.47 Å².